The van der Waals surface area contributed by atoms with Gasteiger partial charge in [-0.2, -0.15) is 0 Å². The summed E-state index contributed by atoms with van der Waals surface area (Å²) in [6, 6.07) is 8.00. The van der Waals surface area contributed by atoms with Crippen molar-refractivity contribution in [3.8, 4) is 0 Å². The topological polar surface area (TPSA) is 23.5 Å². The maximum Gasteiger partial charge on any atom is 0.0928 e. The van der Waals surface area contributed by atoms with Crippen LogP contribution in [0.15, 0.2) is 29.8 Å². The lowest BCUT2D eigenvalue weighted by Gasteiger charge is -2.49. The van der Waals surface area contributed by atoms with Crippen LogP contribution in [0.4, 0.5) is 0 Å². The highest BCUT2D eigenvalue weighted by atomic mass is 35.5. The average molecular weight is 362 g/mol. The van der Waals surface area contributed by atoms with E-state index in [9.17, 15) is 5.11 Å². The van der Waals surface area contributed by atoms with Crippen LogP contribution in [0.25, 0.3) is 6.08 Å². The van der Waals surface area contributed by atoms with Crippen molar-refractivity contribution in [3.05, 3.63) is 40.4 Å². The zero-order valence-electron chi connectivity index (χ0n) is 15.7. The first-order valence-electron chi connectivity index (χ1n) is 9.84. The average Bonchev–Trinajstić information content (AvgIpc) is 2.61. The van der Waals surface area contributed by atoms with E-state index >= 15 is 0 Å². The quantitative estimate of drug-likeness (QED) is 0.776. The van der Waals surface area contributed by atoms with Gasteiger partial charge in [-0.1, -0.05) is 49.1 Å². The Labute approximate surface area is 157 Å². The maximum atomic E-state index is 12.1. The molecule has 0 aromatic heterocycles. The van der Waals surface area contributed by atoms with Gasteiger partial charge in [0.2, 0.25) is 0 Å². The molecule has 3 rings (SSSR count). The number of aliphatic hydroxyl groups is 1. The minimum Gasteiger partial charge on any atom is -0.385 e. The summed E-state index contributed by atoms with van der Waals surface area (Å²) in [5, 5.41) is 12.8. The first kappa shape index (κ1) is 18.9. The lowest BCUT2D eigenvalue weighted by Crippen LogP contribution is -2.52. The van der Waals surface area contributed by atoms with Gasteiger partial charge in [0.05, 0.1) is 5.60 Å². The first-order valence-corrected chi connectivity index (χ1v) is 10.2. The Morgan fingerprint density at radius 2 is 1.76 bits per heavy atom. The van der Waals surface area contributed by atoms with E-state index < -0.39 is 5.60 Å². The molecule has 25 heavy (non-hydrogen) atoms. The maximum absolute atomic E-state index is 12.1. The van der Waals surface area contributed by atoms with Gasteiger partial charge in [0, 0.05) is 17.5 Å². The zero-order chi connectivity index (χ0) is 17.9. The van der Waals surface area contributed by atoms with Crippen LogP contribution in [-0.2, 0) is 0 Å². The SMILES string of the molecule is CN(C)CC1CCCC(=Cc2ccc(Cl)cc2)C1(O)C1CCCCC1. The summed E-state index contributed by atoms with van der Waals surface area (Å²) in [6.07, 6.45) is 11.7. The van der Waals surface area contributed by atoms with Crippen LogP contribution in [0.3, 0.4) is 0 Å². The summed E-state index contributed by atoms with van der Waals surface area (Å²) < 4.78 is 0. The summed E-state index contributed by atoms with van der Waals surface area (Å²) in [6.45, 7) is 0.963. The van der Waals surface area contributed by atoms with Crippen LogP contribution in [-0.4, -0.2) is 36.2 Å². The molecule has 0 aliphatic heterocycles. The van der Waals surface area contributed by atoms with E-state index in [0.717, 1.165) is 30.0 Å². The fourth-order valence-corrected chi connectivity index (χ4v) is 5.10. The molecule has 0 radical (unpaired) electrons. The fraction of sp³-hybridized carbons (Fsp3) is 0.636. The van der Waals surface area contributed by atoms with Gasteiger partial charge in [-0.15, -0.1) is 0 Å². The van der Waals surface area contributed by atoms with E-state index in [1.165, 1.54) is 44.1 Å². The Bertz CT molecular complexity index is 589. The van der Waals surface area contributed by atoms with E-state index in [2.05, 4.69) is 37.2 Å². The Morgan fingerprint density at radius 3 is 2.40 bits per heavy atom. The van der Waals surface area contributed by atoms with Crippen LogP contribution < -0.4 is 0 Å². The first-order chi connectivity index (χ1) is 12.0. The van der Waals surface area contributed by atoms with Crippen molar-refractivity contribution in [1.82, 2.24) is 4.90 Å². The van der Waals surface area contributed by atoms with Gasteiger partial charge in [-0.25, -0.2) is 0 Å². The third kappa shape index (κ3) is 4.30. The van der Waals surface area contributed by atoms with Crippen LogP contribution in [0.1, 0.15) is 56.9 Å². The van der Waals surface area contributed by atoms with Crippen LogP contribution in [0, 0.1) is 11.8 Å². The van der Waals surface area contributed by atoms with Gasteiger partial charge in [0.1, 0.15) is 0 Å². The number of benzene rings is 1. The van der Waals surface area contributed by atoms with Crippen molar-refractivity contribution >= 4 is 17.7 Å². The van der Waals surface area contributed by atoms with Gasteiger partial charge >= 0.3 is 0 Å². The number of nitrogens with zero attached hydrogens (tertiary/aromatic N) is 1. The van der Waals surface area contributed by atoms with Gasteiger partial charge in [0.15, 0.2) is 0 Å². The van der Waals surface area contributed by atoms with Crippen LogP contribution >= 0.6 is 11.6 Å². The minimum atomic E-state index is -0.650. The highest BCUT2D eigenvalue weighted by Gasteiger charge is 2.48. The Balaban J connectivity index is 1.96. The molecule has 3 heteroatoms. The zero-order valence-corrected chi connectivity index (χ0v) is 16.4. The largest absolute Gasteiger partial charge is 0.385 e. The molecular weight excluding hydrogens is 330 g/mol. The fourth-order valence-electron chi connectivity index (χ4n) is 4.98. The Morgan fingerprint density at radius 1 is 1.08 bits per heavy atom. The smallest absolute Gasteiger partial charge is 0.0928 e. The lowest BCUT2D eigenvalue weighted by atomic mass is 9.61. The van der Waals surface area contributed by atoms with Crippen LogP contribution in [0.2, 0.25) is 5.02 Å². The summed E-state index contributed by atoms with van der Waals surface area (Å²) in [7, 11) is 4.25. The van der Waals surface area contributed by atoms with Crippen LogP contribution in [0.5, 0.6) is 0 Å². The molecule has 0 bridgehead atoms. The van der Waals surface area contributed by atoms with Gasteiger partial charge in [0.25, 0.3) is 0 Å². The third-order valence-corrected chi connectivity index (χ3v) is 6.41. The molecule has 0 saturated heterocycles. The van der Waals surface area contributed by atoms with Gasteiger partial charge in [-0.05, 0) is 75.4 Å². The molecule has 1 aromatic rings. The molecule has 1 aromatic carbocycles. The highest BCUT2D eigenvalue weighted by molar-refractivity contribution is 6.30. The second-order valence-electron chi connectivity index (χ2n) is 8.23. The molecule has 0 amide bonds. The summed E-state index contributed by atoms with van der Waals surface area (Å²) in [5.41, 5.74) is 1.75. The highest BCUT2D eigenvalue weighted by Crippen LogP contribution is 2.48. The molecule has 2 fully saturated rings. The molecule has 2 saturated carbocycles. The van der Waals surface area contributed by atoms with Crippen molar-refractivity contribution < 1.29 is 5.11 Å². The van der Waals surface area contributed by atoms with Crippen molar-refractivity contribution in [2.45, 2.75) is 57.0 Å². The number of hydrogen-bond acceptors (Lipinski definition) is 2. The van der Waals surface area contributed by atoms with E-state index in [1.807, 2.05) is 12.1 Å². The summed E-state index contributed by atoms with van der Waals surface area (Å²) in [5.74, 6) is 0.739. The number of rotatable bonds is 4. The van der Waals surface area contributed by atoms with Gasteiger partial charge in [-0.3, -0.25) is 0 Å². The second kappa shape index (κ2) is 8.24. The molecule has 138 valence electrons. The van der Waals surface area contributed by atoms with Gasteiger partial charge < -0.3 is 10.0 Å². The molecule has 2 nitrogen and oxygen atoms in total. The van der Waals surface area contributed by atoms with E-state index in [4.69, 9.17) is 11.6 Å². The molecule has 2 unspecified atom stereocenters. The second-order valence-corrected chi connectivity index (χ2v) is 8.67. The Hall–Kier alpha value is -0.830. The molecule has 1 N–H and O–H groups in total. The molecule has 2 atom stereocenters. The standard InChI is InChI=1S/C22H32ClNO/c1-24(2)16-20-10-6-9-19(15-17-11-13-21(23)14-12-17)22(20,25)18-7-4-3-5-8-18/h11-15,18,20,25H,3-10,16H2,1-2H3. The predicted octanol–water partition coefficient (Wildman–Crippen LogP) is 5.40. The summed E-state index contributed by atoms with van der Waals surface area (Å²) in [4.78, 5) is 2.24. The van der Waals surface area contributed by atoms with Crippen molar-refractivity contribution in [1.29, 1.82) is 0 Å². The third-order valence-electron chi connectivity index (χ3n) is 6.16. The predicted molar refractivity (Wildman–Crippen MR) is 107 cm³/mol. The van der Waals surface area contributed by atoms with E-state index in [1.54, 1.807) is 0 Å². The normalized spacial score (nSPS) is 30.1. The molecule has 0 heterocycles. The summed E-state index contributed by atoms with van der Waals surface area (Å²) >= 11 is 6.04. The molecule has 0 spiro atoms. The lowest BCUT2D eigenvalue weighted by molar-refractivity contribution is -0.0706. The van der Waals surface area contributed by atoms with E-state index in [0.29, 0.717) is 11.8 Å². The van der Waals surface area contributed by atoms with Crippen molar-refractivity contribution in [2.24, 2.45) is 11.8 Å². The number of hydrogen-bond donors (Lipinski definition) is 1. The molecule has 2 aliphatic carbocycles. The molecular formula is C22H32ClNO. The monoisotopic (exact) mass is 361 g/mol. The minimum absolute atomic E-state index is 0.331. The van der Waals surface area contributed by atoms with Crippen molar-refractivity contribution in [2.75, 3.05) is 20.6 Å². The number of halogens is 1. The van der Waals surface area contributed by atoms with Crippen molar-refractivity contribution in [3.63, 3.8) is 0 Å². The van der Waals surface area contributed by atoms with E-state index in [-0.39, 0.29) is 0 Å². The Kier molecular flexibility index (Phi) is 6.25. The molecule has 2 aliphatic rings.